The van der Waals surface area contributed by atoms with Crippen LogP contribution in [0.1, 0.15) is 31.1 Å². The van der Waals surface area contributed by atoms with Crippen LogP contribution in [0.5, 0.6) is 11.5 Å². The summed E-state index contributed by atoms with van der Waals surface area (Å²) in [6.45, 7) is 5.85. The molecule has 4 heteroatoms. The van der Waals surface area contributed by atoms with E-state index in [1.165, 1.54) is 0 Å². The summed E-state index contributed by atoms with van der Waals surface area (Å²) in [6.07, 6.45) is 0. The van der Waals surface area contributed by atoms with Gasteiger partial charge >= 0.3 is 0 Å². The second-order valence-corrected chi connectivity index (χ2v) is 6.70. The Balaban J connectivity index is 2.14. The van der Waals surface area contributed by atoms with E-state index in [9.17, 15) is 4.79 Å². The predicted molar refractivity (Wildman–Crippen MR) is 87.9 cm³/mol. The van der Waals surface area contributed by atoms with E-state index in [1.54, 1.807) is 12.1 Å². The fourth-order valence-corrected chi connectivity index (χ4v) is 2.02. The average Bonchev–Trinajstić information content (AvgIpc) is 2.40. The molecule has 0 heterocycles. The summed E-state index contributed by atoms with van der Waals surface area (Å²) in [5, 5.41) is 2.93. The Morgan fingerprint density at radius 1 is 1.05 bits per heavy atom. The predicted octanol–water partition coefficient (Wildman–Crippen LogP) is 4.77. The van der Waals surface area contributed by atoms with Gasteiger partial charge in [-0.3, -0.25) is 4.79 Å². The third-order valence-corrected chi connectivity index (χ3v) is 3.16. The summed E-state index contributed by atoms with van der Waals surface area (Å²) in [4.78, 5) is 12.1. The summed E-state index contributed by atoms with van der Waals surface area (Å²) in [7, 11) is 0. The maximum Gasteiger partial charge on any atom is 0.251 e. The van der Waals surface area contributed by atoms with Crippen molar-refractivity contribution in [2.75, 3.05) is 0 Å². The fraction of sp³-hybridized carbons (Fsp3) is 0.235. The Hall–Kier alpha value is -1.81. The highest BCUT2D eigenvalue weighted by Crippen LogP contribution is 2.24. The molecular formula is C17H18BrNO2. The molecule has 0 atom stereocenters. The van der Waals surface area contributed by atoms with Crippen molar-refractivity contribution in [1.82, 2.24) is 5.32 Å². The molecule has 0 aliphatic carbocycles. The van der Waals surface area contributed by atoms with Crippen LogP contribution < -0.4 is 10.1 Å². The molecule has 2 aromatic carbocycles. The standard InChI is InChI=1S/C17H18BrNO2/c1-17(2,3)19-16(20)12-5-4-6-15(11-12)21-14-9-7-13(18)8-10-14/h4-11H,1-3H3,(H,19,20). The minimum Gasteiger partial charge on any atom is -0.457 e. The molecule has 21 heavy (non-hydrogen) atoms. The maximum absolute atomic E-state index is 12.1. The summed E-state index contributed by atoms with van der Waals surface area (Å²) >= 11 is 3.38. The number of benzene rings is 2. The van der Waals surface area contributed by atoms with E-state index in [-0.39, 0.29) is 11.4 Å². The molecule has 0 bridgehead atoms. The van der Waals surface area contributed by atoms with Gasteiger partial charge in [0.05, 0.1) is 0 Å². The molecule has 1 N–H and O–H groups in total. The molecule has 110 valence electrons. The Bertz CT molecular complexity index is 630. The van der Waals surface area contributed by atoms with Crippen LogP contribution in [0.3, 0.4) is 0 Å². The highest BCUT2D eigenvalue weighted by Gasteiger charge is 2.15. The minimum absolute atomic E-state index is 0.108. The molecule has 2 aromatic rings. The van der Waals surface area contributed by atoms with Crippen molar-refractivity contribution in [3.63, 3.8) is 0 Å². The number of amides is 1. The number of hydrogen-bond donors (Lipinski definition) is 1. The largest absolute Gasteiger partial charge is 0.457 e. The molecule has 0 saturated heterocycles. The minimum atomic E-state index is -0.264. The Labute approximate surface area is 133 Å². The van der Waals surface area contributed by atoms with Gasteiger partial charge in [-0.05, 0) is 63.2 Å². The van der Waals surface area contributed by atoms with Crippen LogP contribution >= 0.6 is 15.9 Å². The normalized spacial score (nSPS) is 11.0. The first-order chi connectivity index (χ1) is 9.83. The highest BCUT2D eigenvalue weighted by molar-refractivity contribution is 9.10. The Kier molecular flexibility index (Phi) is 4.68. The molecule has 0 saturated carbocycles. The van der Waals surface area contributed by atoms with E-state index < -0.39 is 0 Å². The van der Waals surface area contributed by atoms with Crippen molar-refractivity contribution < 1.29 is 9.53 Å². The summed E-state index contributed by atoms with van der Waals surface area (Å²) in [5.41, 5.74) is 0.319. The zero-order valence-corrected chi connectivity index (χ0v) is 13.9. The number of carbonyl (C=O) groups excluding carboxylic acids is 1. The molecule has 0 radical (unpaired) electrons. The second-order valence-electron chi connectivity index (χ2n) is 5.79. The molecule has 0 aliphatic rings. The van der Waals surface area contributed by atoms with E-state index in [2.05, 4.69) is 21.2 Å². The van der Waals surface area contributed by atoms with E-state index >= 15 is 0 Å². The quantitative estimate of drug-likeness (QED) is 0.868. The van der Waals surface area contributed by atoms with E-state index in [4.69, 9.17) is 4.74 Å². The van der Waals surface area contributed by atoms with Gasteiger partial charge in [0, 0.05) is 15.6 Å². The number of nitrogens with one attached hydrogen (secondary N) is 1. The van der Waals surface area contributed by atoms with Gasteiger partial charge in [-0.1, -0.05) is 22.0 Å². The fourth-order valence-electron chi connectivity index (χ4n) is 1.75. The van der Waals surface area contributed by atoms with Gasteiger partial charge in [0.15, 0.2) is 0 Å². The first-order valence-corrected chi connectivity index (χ1v) is 7.49. The van der Waals surface area contributed by atoms with Crippen molar-refractivity contribution in [3.8, 4) is 11.5 Å². The molecule has 2 rings (SSSR count). The first kappa shape index (κ1) is 15.6. The topological polar surface area (TPSA) is 38.3 Å². The monoisotopic (exact) mass is 347 g/mol. The molecule has 0 aromatic heterocycles. The van der Waals surface area contributed by atoms with Crippen molar-refractivity contribution >= 4 is 21.8 Å². The van der Waals surface area contributed by atoms with Gasteiger partial charge in [0.1, 0.15) is 11.5 Å². The Morgan fingerprint density at radius 2 is 1.71 bits per heavy atom. The maximum atomic E-state index is 12.1. The summed E-state index contributed by atoms with van der Waals surface area (Å²) in [5.74, 6) is 1.26. The third-order valence-electron chi connectivity index (χ3n) is 2.63. The second kappa shape index (κ2) is 6.31. The average molecular weight is 348 g/mol. The van der Waals surface area contributed by atoms with Crippen LogP contribution in [0.4, 0.5) is 0 Å². The molecule has 3 nitrogen and oxygen atoms in total. The van der Waals surface area contributed by atoms with Crippen molar-refractivity contribution in [3.05, 3.63) is 58.6 Å². The van der Waals surface area contributed by atoms with Crippen LogP contribution in [0.25, 0.3) is 0 Å². The van der Waals surface area contributed by atoms with Gasteiger partial charge < -0.3 is 10.1 Å². The number of carbonyl (C=O) groups is 1. The van der Waals surface area contributed by atoms with Gasteiger partial charge in [0.2, 0.25) is 0 Å². The van der Waals surface area contributed by atoms with E-state index in [1.807, 2.05) is 57.2 Å². The lowest BCUT2D eigenvalue weighted by Gasteiger charge is -2.20. The lowest BCUT2D eigenvalue weighted by molar-refractivity contribution is 0.0919. The molecule has 0 unspecified atom stereocenters. The van der Waals surface area contributed by atoms with Crippen molar-refractivity contribution in [1.29, 1.82) is 0 Å². The van der Waals surface area contributed by atoms with Crippen LogP contribution in [-0.4, -0.2) is 11.4 Å². The van der Waals surface area contributed by atoms with Crippen molar-refractivity contribution in [2.45, 2.75) is 26.3 Å². The first-order valence-electron chi connectivity index (χ1n) is 6.69. The molecule has 0 aliphatic heterocycles. The number of halogens is 1. The van der Waals surface area contributed by atoms with Gasteiger partial charge in [-0.15, -0.1) is 0 Å². The zero-order chi connectivity index (χ0) is 15.5. The molecule has 0 spiro atoms. The lowest BCUT2D eigenvalue weighted by Crippen LogP contribution is -2.40. The molecule has 1 amide bonds. The molecule has 0 fully saturated rings. The van der Waals surface area contributed by atoms with Crippen molar-refractivity contribution in [2.24, 2.45) is 0 Å². The lowest BCUT2D eigenvalue weighted by atomic mass is 10.1. The van der Waals surface area contributed by atoms with Gasteiger partial charge in [0.25, 0.3) is 5.91 Å². The highest BCUT2D eigenvalue weighted by atomic mass is 79.9. The summed E-state index contributed by atoms with van der Waals surface area (Å²) in [6, 6.07) is 14.7. The summed E-state index contributed by atoms with van der Waals surface area (Å²) < 4.78 is 6.75. The third kappa shape index (κ3) is 4.90. The van der Waals surface area contributed by atoms with Gasteiger partial charge in [-0.2, -0.15) is 0 Å². The van der Waals surface area contributed by atoms with E-state index in [0.717, 1.165) is 10.2 Å². The van der Waals surface area contributed by atoms with Crippen LogP contribution in [0.2, 0.25) is 0 Å². The van der Waals surface area contributed by atoms with Crippen LogP contribution in [-0.2, 0) is 0 Å². The SMILES string of the molecule is CC(C)(C)NC(=O)c1cccc(Oc2ccc(Br)cc2)c1. The Morgan fingerprint density at radius 3 is 2.33 bits per heavy atom. The smallest absolute Gasteiger partial charge is 0.251 e. The number of rotatable bonds is 3. The zero-order valence-electron chi connectivity index (χ0n) is 12.3. The van der Waals surface area contributed by atoms with Crippen LogP contribution in [0.15, 0.2) is 53.0 Å². The molecular weight excluding hydrogens is 330 g/mol. The number of ether oxygens (including phenoxy) is 1. The van der Waals surface area contributed by atoms with E-state index in [0.29, 0.717) is 11.3 Å². The van der Waals surface area contributed by atoms with Gasteiger partial charge in [-0.25, -0.2) is 0 Å². The van der Waals surface area contributed by atoms with Crippen LogP contribution in [0, 0.1) is 0 Å². The number of hydrogen-bond acceptors (Lipinski definition) is 2.